The van der Waals surface area contributed by atoms with E-state index in [9.17, 15) is 0 Å². The van der Waals surface area contributed by atoms with Gasteiger partial charge in [-0.25, -0.2) is 10.5 Å². The minimum absolute atomic E-state index is 0.527. The zero-order valence-corrected chi connectivity index (χ0v) is 5.73. The second-order valence-corrected chi connectivity index (χ2v) is 2.28. The number of hydrogen-bond donors (Lipinski definition) is 2. The van der Waals surface area contributed by atoms with E-state index in [1.807, 2.05) is 0 Å². The van der Waals surface area contributed by atoms with Crippen molar-refractivity contribution in [3.63, 3.8) is 0 Å². The van der Waals surface area contributed by atoms with Gasteiger partial charge in [-0.05, 0) is 0 Å². The molecule has 0 amide bonds. The minimum Gasteiger partial charge on any atom is -0.399 e. The summed E-state index contributed by atoms with van der Waals surface area (Å²) < 4.78 is 1.58. The van der Waals surface area contributed by atoms with Crippen LogP contribution in [0.4, 0.5) is 5.95 Å². The Labute approximate surface area is 63.1 Å². The van der Waals surface area contributed by atoms with Gasteiger partial charge < -0.3 is 5.73 Å². The lowest BCUT2D eigenvalue weighted by atomic mass is 10.4. The normalized spacial score (nSPS) is 16.1. The molecule has 4 N–H and O–H groups in total. The maximum absolute atomic E-state index is 5.54. The summed E-state index contributed by atoms with van der Waals surface area (Å²) in [5.41, 5.74) is 6.19. The van der Waals surface area contributed by atoms with E-state index in [0.29, 0.717) is 18.2 Å². The Hall–Kier alpha value is -1.56. The van der Waals surface area contributed by atoms with Gasteiger partial charge in [0, 0.05) is 11.9 Å². The lowest BCUT2D eigenvalue weighted by Gasteiger charge is -2.19. The molecule has 1 aromatic rings. The van der Waals surface area contributed by atoms with E-state index in [1.165, 1.54) is 5.01 Å². The second-order valence-electron chi connectivity index (χ2n) is 2.28. The van der Waals surface area contributed by atoms with Crippen LogP contribution in [0.5, 0.6) is 0 Å². The summed E-state index contributed by atoms with van der Waals surface area (Å²) in [5, 5.41) is 5.12. The summed E-state index contributed by atoms with van der Waals surface area (Å²) >= 11 is 0. The number of anilines is 1. The molecule has 0 aliphatic carbocycles. The summed E-state index contributed by atoms with van der Waals surface area (Å²) in [6.45, 7) is 0.527. The highest BCUT2D eigenvalue weighted by molar-refractivity contribution is 5.35. The van der Waals surface area contributed by atoms with Gasteiger partial charge in [0.05, 0.1) is 6.54 Å². The number of fused-ring (bicyclic) bond motifs is 1. The molecular weight excluding hydrogens is 144 g/mol. The molecule has 6 heteroatoms. The highest BCUT2D eigenvalue weighted by atomic mass is 15.5. The van der Waals surface area contributed by atoms with Crippen molar-refractivity contribution in [1.82, 2.24) is 14.8 Å². The zero-order valence-electron chi connectivity index (χ0n) is 5.73. The van der Waals surface area contributed by atoms with Gasteiger partial charge >= 0.3 is 0 Å². The predicted molar refractivity (Wildman–Crippen MR) is 37.8 cm³/mol. The second kappa shape index (κ2) is 1.96. The van der Waals surface area contributed by atoms with E-state index in [0.717, 1.165) is 0 Å². The van der Waals surface area contributed by atoms with Crippen molar-refractivity contribution in [1.29, 1.82) is 0 Å². The first-order valence-corrected chi connectivity index (χ1v) is 3.08. The van der Waals surface area contributed by atoms with E-state index in [4.69, 9.17) is 11.6 Å². The summed E-state index contributed by atoms with van der Waals surface area (Å²) in [7, 11) is 0. The number of nitrogens with two attached hydrogens (primary N) is 2. The largest absolute Gasteiger partial charge is 0.399 e. The van der Waals surface area contributed by atoms with Crippen molar-refractivity contribution < 1.29 is 0 Å². The van der Waals surface area contributed by atoms with E-state index in [1.54, 1.807) is 10.9 Å². The lowest BCUT2D eigenvalue weighted by molar-refractivity contribution is 0.638. The van der Waals surface area contributed by atoms with E-state index in [2.05, 4.69) is 16.4 Å². The summed E-state index contributed by atoms with van der Waals surface area (Å²) in [6.07, 6.45) is 4.05. The fourth-order valence-electron chi connectivity index (χ4n) is 0.971. The number of allylic oxidation sites excluding steroid dienone is 1. The summed E-state index contributed by atoms with van der Waals surface area (Å²) in [5.74, 6) is 6.07. The third-order valence-corrected chi connectivity index (χ3v) is 1.41. The fourth-order valence-corrected chi connectivity index (χ4v) is 0.971. The molecule has 0 aromatic carbocycles. The van der Waals surface area contributed by atoms with Gasteiger partial charge in [-0.3, -0.25) is 5.01 Å². The molecule has 0 atom stereocenters. The van der Waals surface area contributed by atoms with Crippen LogP contribution in [-0.2, 0) is 6.54 Å². The van der Waals surface area contributed by atoms with Crippen molar-refractivity contribution >= 4 is 5.95 Å². The van der Waals surface area contributed by atoms with Gasteiger partial charge in [-0.15, -0.1) is 5.10 Å². The summed E-state index contributed by atoms with van der Waals surface area (Å²) in [6, 6.07) is 0. The van der Waals surface area contributed by atoms with E-state index >= 15 is 0 Å². The smallest absolute Gasteiger partial charge is 0.243 e. The maximum Gasteiger partial charge on any atom is 0.243 e. The molecule has 1 aliphatic rings. The molecule has 0 fully saturated rings. The average molecular weight is 151 g/mol. The van der Waals surface area contributed by atoms with Crippen LogP contribution in [0.15, 0.2) is 11.9 Å². The highest BCUT2D eigenvalue weighted by Crippen LogP contribution is 2.12. The van der Waals surface area contributed by atoms with Crippen LogP contribution >= 0.6 is 0 Å². The SMILES string of the molecule is NC1=CN(N)c2n[c]nn2C1. The molecular formula is C5H7N6. The molecule has 1 aromatic heterocycles. The molecule has 1 radical (unpaired) electrons. The number of hydrazine groups is 1. The van der Waals surface area contributed by atoms with Crippen molar-refractivity contribution in [3.8, 4) is 0 Å². The minimum atomic E-state index is 0.527. The first-order chi connectivity index (χ1) is 5.27. The topological polar surface area (TPSA) is 86.0 Å². The predicted octanol–water partition coefficient (Wildman–Crippen LogP) is -1.43. The molecule has 2 heterocycles. The standard InChI is InChI=1S/C5H7N6/c6-4-1-10(7)5-8-3-9-11(5)2-4/h1H,2,6-7H2. The molecule has 0 saturated heterocycles. The molecule has 6 nitrogen and oxygen atoms in total. The molecule has 57 valence electrons. The van der Waals surface area contributed by atoms with Gasteiger partial charge in [-0.1, -0.05) is 0 Å². The molecule has 0 bridgehead atoms. The van der Waals surface area contributed by atoms with E-state index in [-0.39, 0.29) is 0 Å². The third-order valence-electron chi connectivity index (χ3n) is 1.41. The van der Waals surface area contributed by atoms with E-state index < -0.39 is 0 Å². The Morgan fingerprint density at radius 1 is 1.64 bits per heavy atom. The van der Waals surface area contributed by atoms with Gasteiger partial charge in [0.15, 0.2) is 0 Å². The quantitative estimate of drug-likeness (QED) is 0.444. The Balaban J connectivity index is 2.45. The van der Waals surface area contributed by atoms with Gasteiger partial charge in [0.25, 0.3) is 0 Å². The maximum atomic E-state index is 5.54. The fraction of sp³-hybridized carbons (Fsp3) is 0.200. The van der Waals surface area contributed by atoms with Crippen molar-refractivity contribution in [2.24, 2.45) is 11.6 Å². The highest BCUT2D eigenvalue weighted by Gasteiger charge is 2.14. The van der Waals surface area contributed by atoms with Crippen molar-refractivity contribution in [2.75, 3.05) is 5.01 Å². The van der Waals surface area contributed by atoms with Crippen molar-refractivity contribution in [3.05, 3.63) is 18.2 Å². The van der Waals surface area contributed by atoms with Gasteiger partial charge in [0.1, 0.15) is 0 Å². The van der Waals surface area contributed by atoms with Crippen LogP contribution in [0.25, 0.3) is 0 Å². The third kappa shape index (κ3) is 0.838. The lowest BCUT2D eigenvalue weighted by Crippen LogP contribution is -2.33. The molecule has 0 spiro atoms. The number of rotatable bonds is 0. The number of nitrogens with zero attached hydrogens (tertiary/aromatic N) is 4. The molecule has 11 heavy (non-hydrogen) atoms. The Morgan fingerprint density at radius 3 is 3.27 bits per heavy atom. The molecule has 1 aliphatic heterocycles. The monoisotopic (exact) mass is 151 g/mol. The van der Waals surface area contributed by atoms with Crippen LogP contribution < -0.4 is 16.6 Å². The first-order valence-electron chi connectivity index (χ1n) is 3.08. The van der Waals surface area contributed by atoms with Crippen molar-refractivity contribution in [2.45, 2.75) is 6.54 Å². The molecule has 0 saturated carbocycles. The molecule has 2 rings (SSSR count). The average Bonchev–Trinajstić information content (AvgIpc) is 2.34. The zero-order chi connectivity index (χ0) is 7.84. The Bertz CT molecular complexity index is 300. The number of hydrogen-bond acceptors (Lipinski definition) is 5. The van der Waals surface area contributed by atoms with Crippen LogP contribution in [0.3, 0.4) is 0 Å². The van der Waals surface area contributed by atoms with Crippen LogP contribution in [-0.4, -0.2) is 14.8 Å². The Kier molecular flexibility index (Phi) is 1.10. The summed E-state index contributed by atoms with van der Waals surface area (Å²) in [4.78, 5) is 3.80. The van der Waals surface area contributed by atoms with Crippen LogP contribution in [0.1, 0.15) is 0 Å². The van der Waals surface area contributed by atoms with Gasteiger partial charge in [0.2, 0.25) is 12.3 Å². The number of aromatic nitrogens is 3. The van der Waals surface area contributed by atoms with Crippen LogP contribution in [0.2, 0.25) is 0 Å². The molecule has 0 unspecified atom stereocenters. The first kappa shape index (κ1) is 6.17. The van der Waals surface area contributed by atoms with Gasteiger partial charge in [-0.2, -0.15) is 4.98 Å². The van der Waals surface area contributed by atoms with Crippen LogP contribution in [0, 0.1) is 6.33 Å². The Morgan fingerprint density at radius 2 is 2.45 bits per heavy atom.